The normalized spacial score (nSPS) is 17.0. The molecule has 1 unspecified atom stereocenters. The molecule has 1 saturated heterocycles. The van der Waals surface area contributed by atoms with Gasteiger partial charge in [0.2, 0.25) is 5.91 Å². The van der Waals surface area contributed by atoms with E-state index in [4.69, 9.17) is 9.47 Å². The van der Waals surface area contributed by atoms with Crippen LogP contribution < -0.4 is 9.47 Å². The zero-order chi connectivity index (χ0) is 21.0. The molecular formula is C22H22F3NO3. The summed E-state index contributed by atoms with van der Waals surface area (Å²) >= 11 is 0. The van der Waals surface area contributed by atoms with Gasteiger partial charge in [0.15, 0.2) is 11.5 Å². The van der Waals surface area contributed by atoms with Crippen molar-refractivity contribution < 1.29 is 27.4 Å². The summed E-state index contributed by atoms with van der Waals surface area (Å²) in [6, 6.07) is 10.2. The second-order valence-electron chi connectivity index (χ2n) is 6.76. The number of methoxy groups -OCH3 is 2. The van der Waals surface area contributed by atoms with Crippen LogP contribution in [0.3, 0.4) is 0 Å². The maximum absolute atomic E-state index is 12.7. The maximum atomic E-state index is 12.7. The number of rotatable bonds is 5. The highest BCUT2D eigenvalue weighted by Gasteiger charge is 2.30. The SMILES string of the molecule is COc1ccc(C2CCCN2C(=O)/C=C/c2ccc(C(F)(F)F)cc2)cc1OC. The molecule has 0 radical (unpaired) electrons. The molecule has 1 heterocycles. The van der Waals surface area contributed by atoms with Crippen molar-refractivity contribution in [1.29, 1.82) is 0 Å². The van der Waals surface area contributed by atoms with Crippen molar-refractivity contribution in [2.45, 2.75) is 25.1 Å². The number of hydrogen-bond acceptors (Lipinski definition) is 3. The van der Waals surface area contributed by atoms with Crippen LogP contribution in [0, 0.1) is 0 Å². The summed E-state index contributed by atoms with van der Waals surface area (Å²) in [6.07, 6.45) is 0.266. The van der Waals surface area contributed by atoms with Crippen molar-refractivity contribution in [2.24, 2.45) is 0 Å². The number of nitrogens with zero attached hydrogens (tertiary/aromatic N) is 1. The second kappa shape index (κ2) is 8.59. The van der Waals surface area contributed by atoms with Gasteiger partial charge in [-0.25, -0.2) is 0 Å². The molecule has 0 aliphatic carbocycles. The standard InChI is InChI=1S/C22H22F3NO3/c1-28-19-11-8-16(14-20(19)29-2)18-4-3-13-26(18)21(27)12-7-15-5-9-17(10-6-15)22(23,24)25/h5-12,14,18H,3-4,13H2,1-2H3/b12-7+. The van der Waals surface area contributed by atoms with Crippen LogP contribution in [0.1, 0.15) is 35.6 Å². The molecule has 0 spiro atoms. The number of carbonyl (C=O) groups is 1. The van der Waals surface area contributed by atoms with Crippen molar-refractivity contribution >= 4 is 12.0 Å². The smallest absolute Gasteiger partial charge is 0.416 e. The van der Waals surface area contributed by atoms with E-state index in [1.54, 1.807) is 19.1 Å². The molecule has 7 heteroatoms. The summed E-state index contributed by atoms with van der Waals surface area (Å²) in [7, 11) is 3.13. The largest absolute Gasteiger partial charge is 0.493 e. The Morgan fingerprint density at radius 3 is 2.38 bits per heavy atom. The number of alkyl halides is 3. The number of likely N-dealkylation sites (tertiary alicyclic amines) is 1. The second-order valence-corrected chi connectivity index (χ2v) is 6.76. The van der Waals surface area contributed by atoms with E-state index in [0.29, 0.717) is 23.6 Å². The Labute approximate surface area is 167 Å². The summed E-state index contributed by atoms with van der Waals surface area (Å²) in [6.45, 7) is 0.620. The fourth-order valence-corrected chi connectivity index (χ4v) is 3.48. The fourth-order valence-electron chi connectivity index (χ4n) is 3.48. The predicted octanol–water partition coefficient (Wildman–Crippen LogP) is 5.10. The molecule has 3 rings (SSSR count). The third-order valence-corrected chi connectivity index (χ3v) is 4.98. The lowest BCUT2D eigenvalue weighted by atomic mass is 10.0. The van der Waals surface area contributed by atoms with E-state index in [1.165, 1.54) is 24.3 Å². The van der Waals surface area contributed by atoms with E-state index in [-0.39, 0.29) is 11.9 Å². The van der Waals surface area contributed by atoms with Gasteiger partial charge in [-0.2, -0.15) is 13.2 Å². The van der Waals surface area contributed by atoms with Crippen LogP contribution in [0.4, 0.5) is 13.2 Å². The van der Waals surface area contributed by atoms with Crippen molar-refractivity contribution in [3.05, 3.63) is 65.2 Å². The van der Waals surface area contributed by atoms with E-state index in [9.17, 15) is 18.0 Å². The average Bonchev–Trinajstić information content (AvgIpc) is 3.21. The van der Waals surface area contributed by atoms with Crippen LogP contribution in [0.25, 0.3) is 6.08 Å². The number of benzene rings is 2. The van der Waals surface area contributed by atoms with E-state index in [1.807, 2.05) is 18.2 Å². The molecule has 1 amide bonds. The molecule has 154 valence electrons. The minimum atomic E-state index is -4.37. The Hall–Kier alpha value is -2.96. The van der Waals surface area contributed by atoms with Gasteiger partial charge < -0.3 is 14.4 Å². The van der Waals surface area contributed by atoms with E-state index in [0.717, 1.165) is 30.5 Å². The van der Waals surface area contributed by atoms with Gasteiger partial charge in [-0.15, -0.1) is 0 Å². The Morgan fingerprint density at radius 2 is 1.76 bits per heavy atom. The third kappa shape index (κ3) is 4.72. The third-order valence-electron chi connectivity index (χ3n) is 4.98. The Kier molecular flexibility index (Phi) is 6.15. The summed E-state index contributed by atoms with van der Waals surface area (Å²) in [5.41, 5.74) is 0.777. The molecule has 1 aliphatic heterocycles. The minimum absolute atomic E-state index is 0.0837. The zero-order valence-corrected chi connectivity index (χ0v) is 16.2. The van der Waals surface area contributed by atoms with Crippen LogP contribution in [-0.4, -0.2) is 31.6 Å². The molecule has 0 saturated carbocycles. The Morgan fingerprint density at radius 1 is 1.07 bits per heavy atom. The lowest BCUT2D eigenvalue weighted by molar-refractivity contribution is -0.137. The van der Waals surface area contributed by atoms with Gasteiger partial charge >= 0.3 is 6.18 Å². The van der Waals surface area contributed by atoms with E-state index < -0.39 is 11.7 Å². The number of ether oxygens (including phenoxy) is 2. The molecule has 1 fully saturated rings. The zero-order valence-electron chi connectivity index (χ0n) is 16.2. The topological polar surface area (TPSA) is 38.8 Å². The maximum Gasteiger partial charge on any atom is 0.416 e. The summed E-state index contributed by atoms with van der Waals surface area (Å²) < 4.78 is 48.6. The van der Waals surface area contributed by atoms with Gasteiger partial charge in [-0.3, -0.25) is 4.79 Å². The molecule has 0 N–H and O–H groups in total. The highest BCUT2D eigenvalue weighted by atomic mass is 19.4. The predicted molar refractivity (Wildman–Crippen MR) is 104 cm³/mol. The van der Waals surface area contributed by atoms with Gasteiger partial charge in [0.05, 0.1) is 25.8 Å². The summed E-state index contributed by atoms with van der Waals surface area (Å²) in [5.74, 6) is 1.04. The monoisotopic (exact) mass is 405 g/mol. The highest BCUT2D eigenvalue weighted by Crippen LogP contribution is 2.37. The average molecular weight is 405 g/mol. The Balaban J connectivity index is 1.74. The number of carbonyl (C=O) groups excluding carboxylic acids is 1. The molecule has 4 nitrogen and oxygen atoms in total. The van der Waals surface area contributed by atoms with Crippen molar-refractivity contribution in [3.8, 4) is 11.5 Å². The first-order chi connectivity index (χ1) is 13.8. The highest BCUT2D eigenvalue weighted by molar-refractivity contribution is 5.92. The van der Waals surface area contributed by atoms with Crippen LogP contribution >= 0.6 is 0 Å². The summed E-state index contributed by atoms with van der Waals surface area (Å²) in [5, 5.41) is 0. The first kappa shape index (κ1) is 20.8. The first-order valence-corrected chi connectivity index (χ1v) is 9.21. The van der Waals surface area contributed by atoms with Crippen molar-refractivity contribution in [2.75, 3.05) is 20.8 Å². The number of halogens is 3. The van der Waals surface area contributed by atoms with Gasteiger partial charge in [-0.1, -0.05) is 18.2 Å². The van der Waals surface area contributed by atoms with Crippen LogP contribution in [0.5, 0.6) is 11.5 Å². The van der Waals surface area contributed by atoms with Crippen LogP contribution in [0.2, 0.25) is 0 Å². The minimum Gasteiger partial charge on any atom is -0.493 e. The van der Waals surface area contributed by atoms with Gasteiger partial charge in [0.1, 0.15) is 0 Å². The van der Waals surface area contributed by atoms with Crippen LogP contribution in [0.15, 0.2) is 48.5 Å². The summed E-state index contributed by atoms with van der Waals surface area (Å²) in [4.78, 5) is 14.5. The van der Waals surface area contributed by atoms with Crippen molar-refractivity contribution in [3.63, 3.8) is 0 Å². The lowest BCUT2D eigenvalue weighted by Crippen LogP contribution is -2.28. The number of amides is 1. The quantitative estimate of drug-likeness (QED) is 0.650. The molecular weight excluding hydrogens is 383 g/mol. The molecule has 1 atom stereocenters. The van der Waals surface area contributed by atoms with Crippen molar-refractivity contribution in [1.82, 2.24) is 4.90 Å². The van der Waals surface area contributed by atoms with Gasteiger partial charge in [0.25, 0.3) is 0 Å². The van der Waals surface area contributed by atoms with E-state index in [2.05, 4.69) is 0 Å². The molecule has 0 aromatic heterocycles. The molecule has 1 aliphatic rings. The van der Waals surface area contributed by atoms with Gasteiger partial charge in [0, 0.05) is 12.6 Å². The molecule has 2 aromatic rings. The first-order valence-electron chi connectivity index (χ1n) is 9.21. The molecule has 2 aromatic carbocycles. The van der Waals surface area contributed by atoms with Gasteiger partial charge in [-0.05, 0) is 54.3 Å². The lowest BCUT2D eigenvalue weighted by Gasteiger charge is -2.24. The van der Waals surface area contributed by atoms with E-state index >= 15 is 0 Å². The van der Waals surface area contributed by atoms with Crippen LogP contribution in [-0.2, 0) is 11.0 Å². The molecule has 0 bridgehead atoms. The number of hydrogen-bond donors (Lipinski definition) is 0. The fraction of sp³-hybridized carbons (Fsp3) is 0.318. The Bertz CT molecular complexity index is 891. The molecule has 29 heavy (non-hydrogen) atoms.